The van der Waals surface area contributed by atoms with E-state index in [-0.39, 0.29) is 5.97 Å². The molecule has 1 saturated heterocycles. The van der Waals surface area contributed by atoms with Crippen LogP contribution in [0.1, 0.15) is 35.7 Å². The number of nitrogens with zero attached hydrogens (tertiary/aromatic N) is 1. The largest absolute Gasteiger partial charge is 0.462 e. The first-order valence-electron chi connectivity index (χ1n) is 10.7. The number of hydrogen-bond donors (Lipinski definition) is 1. The fraction of sp³-hybridized carbons (Fsp3) is 0.269. The minimum Gasteiger partial charge on any atom is -0.462 e. The minimum absolute atomic E-state index is 0.280. The first-order chi connectivity index (χ1) is 14.7. The van der Waals surface area contributed by atoms with Crippen LogP contribution >= 0.6 is 0 Å². The predicted octanol–water partition coefficient (Wildman–Crippen LogP) is 6.18. The van der Waals surface area contributed by atoms with Gasteiger partial charge in [-0.3, -0.25) is 0 Å². The summed E-state index contributed by atoms with van der Waals surface area (Å²) < 4.78 is 5.46. The lowest BCUT2D eigenvalue weighted by molar-refractivity contribution is 0.0526. The van der Waals surface area contributed by atoms with Crippen molar-refractivity contribution < 1.29 is 9.53 Å². The molecular weight excluding hydrogens is 372 g/mol. The predicted molar refractivity (Wildman–Crippen MR) is 124 cm³/mol. The molecule has 1 aliphatic rings. The van der Waals surface area contributed by atoms with Gasteiger partial charge < -0.3 is 15.0 Å². The molecule has 1 heterocycles. The Balaban J connectivity index is 1.93. The Morgan fingerprint density at radius 3 is 2.27 bits per heavy atom. The summed E-state index contributed by atoms with van der Waals surface area (Å²) in [6.45, 7) is 6.26. The summed E-state index contributed by atoms with van der Waals surface area (Å²) in [7, 11) is 0. The van der Waals surface area contributed by atoms with E-state index in [2.05, 4.69) is 28.4 Å². The standard InChI is InChI=1S/C26H28N2O2/c1-3-30-26(29)24-19(2)25(27-21-14-8-5-9-15-21)23(28-16-10-11-17-28)18-22(24)20-12-6-4-7-13-20/h4-9,12-15,18,27H,3,10-11,16-17H2,1-2H3. The van der Waals surface area contributed by atoms with Crippen molar-refractivity contribution in [1.29, 1.82) is 0 Å². The van der Waals surface area contributed by atoms with Crippen LogP contribution in [0.3, 0.4) is 0 Å². The molecule has 0 spiro atoms. The Bertz CT molecular complexity index is 1010. The van der Waals surface area contributed by atoms with Gasteiger partial charge in [0.25, 0.3) is 0 Å². The van der Waals surface area contributed by atoms with Crippen LogP contribution < -0.4 is 10.2 Å². The lowest BCUT2D eigenvalue weighted by Gasteiger charge is -2.27. The average molecular weight is 401 g/mol. The Kier molecular flexibility index (Phi) is 6.03. The molecule has 1 N–H and O–H groups in total. The fourth-order valence-corrected chi connectivity index (χ4v) is 4.14. The number of rotatable bonds is 6. The second-order valence-electron chi connectivity index (χ2n) is 7.59. The molecule has 4 rings (SSSR count). The molecule has 0 unspecified atom stereocenters. The second-order valence-corrected chi connectivity index (χ2v) is 7.59. The second kappa shape index (κ2) is 9.04. The van der Waals surface area contributed by atoms with Gasteiger partial charge in [-0.15, -0.1) is 0 Å². The maximum Gasteiger partial charge on any atom is 0.339 e. The molecule has 30 heavy (non-hydrogen) atoms. The molecule has 1 aliphatic heterocycles. The highest BCUT2D eigenvalue weighted by atomic mass is 16.5. The van der Waals surface area contributed by atoms with Crippen molar-refractivity contribution in [3.63, 3.8) is 0 Å². The summed E-state index contributed by atoms with van der Waals surface area (Å²) in [4.78, 5) is 15.4. The zero-order valence-electron chi connectivity index (χ0n) is 17.7. The van der Waals surface area contributed by atoms with Crippen molar-refractivity contribution in [2.24, 2.45) is 0 Å². The average Bonchev–Trinajstić information content (AvgIpc) is 3.31. The summed E-state index contributed by atoms with van der Waals surface area (Å²) in [5.41, 5.74) is 6.61. The monoisotopic (exact) mass is 400 g/mol. The molecule has 0 atom stereocenters. The molecule has 0 aromatic heterocycles. The van der Waals surface area contributed by atoms with E-state index in [0.29, 0.717) is 12.2 Å². The topological polar surface area (TPSA) is 41.6 Å². The first-order valence-corrected chi connectivity index (χ1v) is 10.7. The Labute approximate surface area is 178 Å². The lowest BCUT2D eigenvalue weighted by Crippen LogP contribution is -2.21. The number of carbonyl (C=O) groups is 1. The smallest absolute Gasteiger partial charge is 0.339 e. The van der Waals surface area contributed by atoms with Gasteiger partial charge in [-0.2, -0.15) is 0 Å². The summed E-state index contributed by atoms with van der Waals surface area (Å²) >= 11 is 0. The molecule has 154 valence electrons. The molecule has 0 bridgehead atoms. The number of hydrogen-bond acceptors (Lipinski definition) is 4. The van der Waals surface area contributed by atoms with Gasteiger partial charge in [0.1, 0.15) is 0 Å². The van der Waals surface area contributed by atoms with Crippen molar-refractivity contribution in [3.8, 4) is 11.1 Å². The van der Waals surface area contributed by atoms with E-state index in [1.165, 1.54) is 12.8 Å². The van der Waals surface area contributed by atoms with Crippen LogP contribution in [0, 0.1) is 6.92 Å². The van der Waals surface area contributed by atoms with E-state index >= 15 is 0 Å². The van der Waals surface area contributed by atoms with Crippen LogP contribution in [0.15, 0.2) is 66.7 Å². The van der Waals surface area contributed by atoms with E-state index < -0.39 is 0 Å². The first kappa shape index (κ1) is 20.0. The van der Waals surface area contributed by atoms with Crippen molar-refractivity contribution in [3.05, 3.63) is 77.9 Å². The number of anilines is 3. The highest BCUT2D eigenvalue weighted by Gasteiger charge is 2.26. The number of carbonyl (C=O) groups excluding carboxylic acids is 1. The summed E-state index contributed by atoms with van der Waals surface area (Å²) in [5.74, 6) is -0.280. The molecule has 0 amide bonds. The molecule has 4 nitrogen and oxygen atoms in total. The molecule has 0 radical (unpaired) electrons. The van der Waals surface area contributed by atoms with Gasteiger partial charge in [-0.1, -0.05) is 48.5 Å². The highest BCUT2D eigenvalue weighted by molar-refractivity contribution is 6.03. The zero-order chi connectivity index (χ0) is 20.9. The van der Waals surface area contributed by atoms with Gasteiger partial charge in [0.15, 0.2) is 0 Å². The van der Waals surface area contributed by atoms with Gasteiger partial charge in [-0.25, -0.2) is 4.79 Å². The Hall–Kier alpha value is -3.27. The minimum atomic E-state index is -0.280. The summed E-state index contributed by atoms with van der Waals surface area (Å²) in [6, 6.07) is 22.4. The van der Waals surface area contributed by atoms with E-state index in [9.17, 15) is 4.79 Å². The van der Waals surface area contributed by atoms with Gasteiger partial charge in [0.05, 0.1) is 23.5 Å². The molecule has 3 aromatic carbocycles. The van der Waals surface area contributed by atoms with Crippen LogP contribution in [0.2, 0.25) is 0 Å². The third-order valence-electron chi connectivity index (χ3n) is 5.61. The number of nitrogens with one attached hydrogen (secondary N) is 1. The number of benzene rings is 3. The van der Waals surface area contributed by atoms with E-state index in [0.717, 1.165) is 46.8 Å². The lowest BCUT2D eigenvalue weighted by atomic mass is 9.93. The Morgan fingerprint density at radius 2 is 1.63 bits per heavy atom. The molecule has 0 saturated carbocycles. The third-order valence-corrected chi connectivity index (χ3v) is 5.61. The summed E-state index contributed by atoms with van der Waals surface area (Å²) in [5, 5.41) is 3.58. The van der Waals surface area contributed by atoms with Gasteiger partial charge in [-0.05, 0) is 61.6 Å². The van der Waals surface area contributed by atoms with Crippen molar-refractivity contribution in [2.45, 2.75) is 26.7 Å². The molecule has 0 aliphatic carbocycles. The fourth-order valence-electron chi connectivity index (χ4n) is 4.14. The maximum atomic E-state index is 13.0. The number of para-hydroxylation sites is 1. The third kappa shape index (κ3) is 4.04. The van der Waals surface area contributed by atoms with Gasteiger partial charge in [0.2, 0.25) is 0 Å². The van der Waals surface area contributed by atoms with E-state index in [4.69, 9.17) is 4.74 Å². The van der Waals surface area contributed by atoms with Crippen molar-refractivity contribution in [2.75, 3.05) is 29.9 Å². The van der Waals surface area contributed by atoms with Crippen molar-refractivity contribution in [1.82, 2.24) is 0 Å². The zero-order valence-corrected chi connectivity index (χ0v) is 17.7. The molecule has 1 fully saturated rings. The normalized spacial score (nSPS) is 13.3. The van der Waals surface area contributed by atoms with Crippen LogP contribution in [-0.2, 0) is 4.74 Å². The molecular formula is C26H28N2O2. The van der Waals surface area contributed by atoms with E-state index in [1.54, 1.807) is 0 Å². The van der Waals surface area contributed by atoms with Crippen LogP contribution in [-0.4, -0.2) is 25.7 Å². The number of ether oxygens (including phenoxy) is 1. The van der Waals surface area contributed by atoms with Crippen LogP contribution in [0.25, 0.3) is 11.1 Å². The number of esters is 1. The van der Waals surface area contributed by atoms with Crippen molar-refractivity contribution >= 4 is 23.0 Å². The molecule has 4 heteroatoms. The summed E-state index contributed by atoms with van der Waals surface area (Å²) in [6.07, 6.45) is 2.37. The van der Waals surface area contributed by atoms with Crippen LogP contribution in [0.5, 0.6) is 0 Å². The van der Waals surface area contributed by atoms with E-state index in [1.807, 2.05) is 62.4 Å². The van der Waals surface area contributed by atoms with Crippen LogP contribution in [0.4, 0.5) is 17.1 Å². The Morgan fingerprint density at radius 1 is 1.00 bits per heavy atom. The maximum absolute atomic E-state index is 13.0. The SMILES string of the molecule is CCOC(=O)c1c(-c2ccccc2)cc(N2CCCC2)c(Nc2ccccc2)c1C. The quantitative estimate of drug-likeness (QED) is 0.502. The van der Waals surface area contributed by atoms with Gasteiger partial charge >= 0.3 is 5.97 Å². The highest BCUT2D eigenvalue weighted by Crippen LogP contribution is 2.41. The van der Waals surface area contributed by atoms with Gasteiger partial charge in [0, 0.05) is 18.8 Å². The molecule has 3 aromatic rings.